The van der Waals surface area contributed by atoms with Gasteiger partial charge in [0.15, 0.2) is 0 Å². The summed E-state index contributed by atoms with van der Waals surface area (Å²) in [5.41, 5.74) is 0. The summed E-state index contributed by atoms with van der Waals surface area (Å²) in [6.07, 6.45) is 0.890. The van der Waals surface area contributed by atoms with Crippen molar-refractivity contribution >= 4 is 18.0 Å². The molecular formula is C8H13NO3. The molecule has 0 rings (SSSR count). The van der Waals surface area contributed by atoms with Crippen molar-refractivity contribution in [2.24, 2.45) is 5.92 Å². The van der Waals surface area contributed by atoms with Crippen molar-refractivity contribution in [2.75, 3.05) is 6.54 Å². The van der Waals surface area contributed by atoms with E-state index in [4.69, 9.17) is 0 Å². The molecule has 0 aliphatic rings. The lowest BCUT2D eigenvalue weighted by Crippen LogP contribution is -2.28. The van der Waals surface area contributed by atoms with E-state index >= 15 is 0 Å². The minimum atomic E-state index is -0.383. The van der Waals surface area contributed by atoms with Gasteiger partial charge in [0.2, 0.25) is 5.91 Å². The fourth-order valence-electron chi connectivity index (χ4n) is 0.812. The van der Waals surface area contributed by atoms with Gasteiger partial charge >= 0.3 is 0 Å². The van der Waals surface area contributed by atoms with E-state index in [1.165, 1.54) is 13.8 Å². The topological polar surface area (TPSA) is 63.2 Å². The molecule has 0 spiro atoms. The predicted molar refractivity (Wildman–Crippen MR) is 43.5 cm³/mol. The summed E-state index contributed by atoms with van der Waals surface area (Å²) in [7, 11) is 0. The van der Waals surface area contributed by atoms with Gasteiger partial charge in [0, 0.05) is 25.8 Å². The third-order valence-corrected chi connectivity index (χ3v) is 1.36. The molecule has 0 aromatic carbocycles. The van der Waals surface area contributed by atoms with Crippen LogP contribution in [0.25, 0.3) is 0 Å². The normalized spacial score (nSPS) is 11.8. The van der Waals surface area contributed by atoms with Crippen LogP contribution in [0.4, 0.5) is 0 Å². The number of ketones is 1. The van der Waals surface area contributed by atoms with Gasteiger partial charge in [-0.1, -0.05) is 0 Å². The number of Topliss-reactive ketones (excluding diaryl/α,β-unsaturated/α-hetero) is 1. The van der Waals surface area contributed by atoms with Gasteiger partial charge in [0.1, 0.15) is 12.1 Å². The van der Waals surface area contributed by atoms with Crippen molar-refractivity contribution in [1.29, 1.82) is 0 Å². The molecule has 0 aliphatic carbocycles. The summed E-state index contributed by atoms with van der Waals surface area (Å²) >= 11 is 0. The Balaban J connectivity index is 3.75. The molecule has 1 N–H and O–H groups in total. The highest BCUT2D eigenvalue weighted by Gasteiger charge is 2.09. The number of carbonyl (C=O) groups is 3. The molecule has 0 bridgehead atoms. The quantitative estimate of drug-likeness (QED) is 0.588. The van der Waals surface area contributed by atoms with E-state index in [0.717, 1.165) is 0 Å². The largest absolute Gasteiger partial charge is 0.356 e. The lowest BCUT2D eigenvalue weighted by Gasteiger charge is -2.07. The van der Waals surface area contributed by atoms with Gasteiger partial charge in [-0.15, -0.1) is 0 Å². The summed E-state index contributed by atoms with van der Waals surface area (Å²) in [6, 6.07) is 0. The van der Waals surface area contributed by atoms with Crippen LogP contribution in [-0.4, -0.2) is 24.5 Å². The van der Waals surface area contributed by atoms with E-state index in [9.17, 15) is 14.4 Å². The van der Waals surface area contributed by atoms with Crippen LogP contribution >= 0.6 is 0 Å². The van der Waals surface area contributed by atoms with Gasteiger partial charge in [0.05, 0.1) is 0 Å². The predicted octanol–water partition coefficient (Wildman–Crippen LogP) is -0.0833. The average molecular weight is 171 g/mol. The molecule has 12 heavy (non-hydrogen) atoms. The van der Waals surface area contributed by atoms with Gasteiger partial charge < -0.3 is 14.9 Å². The van der Waals surface area contributed by atoms with E-state index in [2.05, 4.69) is 5.32 Å². The molecule has 1 unspecified atom stereocenters. The summed E-state index contributed by atoms with van der Waals surface area (Å²) in [4.78, 5) is 31.4. The highest BCUT2D eigenvalue weighted by molar-refractivity contribution is 5.79. The summed E-state index contributed by atoms with van der Waals surface area (Å²) in [5.74, 6) is -0.616. The first-order valence-electron chi connectivity index (χ1n) is 3.75. The van der Waals surface area contributed by atoms with Crippen molar-refractivity contribution in [1.82, 2.24) is 5.32 Å². The number of carbonyl (C=O) groups excluding carboxylic acids is 3. The Morgan fingerprint density at radius 1 is 1.42 bits per heavy atom. The van der Waals surface area contributed by atoms with E-state index in [-0.39, 0.29) is 30.6 Å². The molecule has 4 nitrogen and oxygen atoms in total. The molecule has 0 radical (unpaired) electrons. The summed E-state index contributed by atoms with van der Waals surface area (Å²) < 4.78 is 0. The number of hydrogen-bond acceptors (Lipinski definition) is 3. The second-order valence-electron chi connectivity index (χ2n) is 2.74. The van der Waals surface area contributed by atoms with Crippen LogP contribution in [0, 0.1) is 5.92 Å². The average Bonchev–Trinajstić information content (AvgIpc) is 1.97. The highest BCUT2D eigenvalue weighted by atomic mass is 16.1. The van der Waals surface area contributed by atoms with Crippen molar-refractivity contribution in [3.63, 3.8) is 0 Å². The molecule has 1 amide bonds. The van der Waals surface area contributed by atoms with Gasteiger partial charge in [0.25, 0.3) is 0 Å². The smallest absolute Gasteiger partial charge is 0.216 e. The van der Waals surface area contributed by atoms with Gasteiger partial charge in [-0.3, -0.25) is 4.79 Å². The van der Waals surface area contributed by atoms with Crippen molar-refractivity contribution in [3.8, 4) is 0 Å². The van der Waals surface area contributed by atoms with Gasteiger partial charge in [-0.05, 0) is 6.92 Å². The van der Waals surface area contributed by atoms with E-state index in [1.54, 1.807) is 0 Å². The monoisotopic (exact) mass is 171 g/mol. The molecule has 0 aromatic rings. The SMILES string of the molecule is CC(=O)CC(C=O)CNC(C)=O. The standard InChI is InChI=1S/C8H13NO3/c1-6(11)3-8(5-10)4-9-7(2)12/h5,8H,3-4H2,1-2H3,(H,9,12). The third-order valence-electron chi connectivity index (χ3n) is 1.36. The molecule has 0 heterocycles. The Morgan fingerprint density at radius 2 is 2.00 bits per heavy atom. The minimum Gasteiger partial charge on any atom is -0.356 e. The van der Waals surface area contributed by atoms with Crippen LogP contribution in [-0.2, 0) is 14.4 Å². The number of aldehydes is 1. The number of amides is 1. The fourth-order valence-corrected chi connectivity index (χ4v) is 0.812. The summed E-state index contributed by atoms with van der Waals surface area (Å²) in [6.45, 7) is 3.04. The lowest BCUT2D eigenvalue weighted by molar-refractivity contribution is -0.122. The van der Waals surface area contributed by atoms with Gasteiger partial charge in [-0.2, -0.15) is 0 Å². The molecule has 0 aromatic heterocycles. The fraction of sp³-hybridized carbons (Fsp3) is 0.625. The Labute approximate surface area is 71.3 Å². The number of hydrogen-bond donors (Lipinski definition) is 1. The van der Waals surface area contributed by atoms with Crippen molar-refractivity contribution in [3.05, 3.63) is 0 Å². The van der Waals surface area contributed by atoms with Crippen LogP contribution in [0.3, 0.4) is 0 Å². The number of nitrogens with one attached hydrogen (secondary N) is 1. The van der Waals surface area contributed by atoms with Crippen LogP contribution < -0.4 is 5.32 Å². The van der Waals surface area contributed by atoms with Crippen molar-refractivity contribution < 1.29 is 14.4 Å². The molecule has 1 atom stereocenters. The van der Waals surface area contributed by atoms with Crippen LogP contribution in [0.15, 0.2) is 0 Å². The molecule has 4 heteroatoms. The second kappa shape index (κ2) is 5.46. The Hall–Kier alpha value is -1.19. The maximum absolute atomic E-state index is 10.6. The third kappa shape index (κ3) is 5.58. The number of rotatable bonds is 5. The lowest BCUT2D eigenvalue weighted by atomic mass is 10.1. The van der Waals surface area contributed by atoms with Gasteiger partial charge in [-0.25, -0.2) is 0 Å². The Morgan fingerprint density at radius 3 is 2.33 bits per heavy atom. The Kier molecular flexibility index (Phi) is 4.92. The zero-order chi connectivity index (χ0) is 9.56. The van der Waals surface area contributed by atoms with Crippen LogP contribution in [0.5, 0.6) is 0 Å². The first kappa shape index (κ1) is 10.8. The first-order valence-corrected chi connectivity index (χ1v) is 3.75. The maximum atomic E-state index is 10.6. The van der Waals surface area contributed by atoms with Crippen LogP contribution in [0.1, 0.15) is 20.3 Å². The van der Waals surface area contributed by atoms with E-state index < -0.39 is 0 Å². The van der Waals surface area contributed by atoms with E-state index in [1.807, 2.05) is 0 Å². The molecule has 0 saturated heterocycles. The maximum Gasteiger partial charge on any atom is 0.216 e. The molecule has 0 fully saturated rings. The zero-order valence-electron chi connectivity index (χ0n) is 7.29. The summed E-state index contributed by atoms with van der Waals surface area (Å²) in [5, 5.41) is 2.48. The van der Waals surface area contributed by atoms with Crippen molar-refractivity contribution in [2.45, 2.75) is 20.3 Å². The van der Waals surface area contributed by atoms with Crippen LogP contribution in [0.2, 0.25) is 0 Å². The zero-order valence-corrected chi connectivity index (χ0v) is 7.29. The molecular weight excluding hydrogens is 158 g/mol. The molecule has 0 aliphatic heterocycles. The second-order valence-corrected chi connectivity index (χ2v) is 2.74. The Bertz CT molecular complexity index is 189. The first-order chi connectivity index (χ1) is 5.56. The molecule has 0 saturated carbocycles. The molecule has 68 valence electrons. The highest BCUT2D eigenvalue weighted by Crippen LogP contribution is 1.97. The van der Waals surface area contributed by atoms with E-state index in [0.29, 0.717) is 6.29 Å². The minimum absolute atomic E-state index is 0.0440.